The van der Waals surface area contributed by atoms with E-state index in [0.29, 0.717) is 13.1 Å². The predicted octanol–water partition coefficient (Wildman–Crippen LogP) is 0.831. The fourth-order valence-electron chi connectivity index (χ4n) is 1.43. The molecule has 0 spiro atoms. The van der Waals surface area contributed by atoms with Crippen LogP contribution < -0.4 is 5.32 Å². The molecular formula is C9H11N3O2S. The fraction of sp³-hybridized carbons (Fsp3) is 0.444. The Morgan fingerprint density at radius 2 is 2.47 bits per heavy atom. The third kappa shape index (κ3) is 2.15. The van der Waals surface area contributed by atoms with Gasteiger partial charge in [0.2, 0.25) is 5.91 Å². The summed E-state index contributed by atoms with van der Waals surface area (Å²) in [5, 5.41) is 5.06. The molecule has 1 aliphatic rings. The number of urea groups is 1. The van der Waals surface area contributed by atoms with Gasteiger partial charge in [-0.1, -0.05) is 6.92 Å². The Morgan fingerprint density at radius 3 is 3.13 bits per heavy atom. The minimum atomic E-state index is -0.326. The van der Waals surface area contributed by atoms with Crippen LogP contribution in [0, 0.1) is 5.92 Å². The van der Waals surface area contributed by atoms with Crippen LogP contribution in [0.15, 0.2) is 11.6 Å². The second kappa shape index (κ2) is 3.98. The SMILES string of the molecule is CC1CN(Cc2nccs2)C(=O)NC1=O. The smallest absolute Gasteiger partial charge is 0.317 e. The quantitative estimate of drug-likeness (QED) is 0.811. The number of thiazole rings is 1. The molecule has 0 aromatic carbocycles. The minimum Gasteiger partial charge on any atom is -0.317 e. The summed E-state index contributed by atoms with van der Waals surface area (Å²) in [5.41, 5.74) is 0. The lowest BCUT2D eigenvalue weighted by Gasteiger charge is -2.29. The van der Waals surface area contributed by atoms with Gasteiger partial charge in [0, 0.05) is 18.1 Å². The molecule has 0 saturated carbocycles. The van der Waals surface area contributed by atoms with Crippen LogP contribution >= 0.6 is 11.3 Å². The van der Waals surface area contributed by atoms with Gasteiger partial charge in [-0.05, 0) is 0 Å². The molecule has 5 nitrogen and oxygen atoms in total. The van der Waals surface area contributed by atoms with Crippen molar-refractivity contribution in [2.45, 2.75) is 13.5 Å². The summed E-state index contributed by atoms with van der Waals surface area (Å²) >= 11 is 1.50. The molecule has 1 aromatic rings. The molecule has 1 unspecified atom stereocenters. The van der Waals surface area contributed by atoms with Gasteiger partial charge in [0.05, 0.1) is 12.5 Å². The van der Waals surface area contributed by atoms with Crippen LogP contribution in [0.5, 0.6) is 0 Å². The highest BCUT2D eigenvalue weighted by molar-refractivity contribution is 7.09. The largest absolute Gasteiger partial charge is 0.324 e. The van der Waals surface area contributed by atoms with Crippen molar-refractivity contribution < 1.29 is 9.59 Å². The van der Waals surface area contributed by atoms with E-state index < -0.39 is 0 Å². The average molecular weight is 225 g/mol. The van der Waals surface area contributed by atoms with Crippen LogP contribution in [0.4, 0.5) is 4.79 Å². The number of nitrogens with one attached hydrogen (secondary N) is 1. The van der Waals surface area contributed by atoms with E-state index in [9.17, 15) is 9.59 Å². The molecule has 0 bridgehead atoms. The standard InChI is InChI=1S/C9H11N3O2S/c1-6-4-12(9(14)11-8(6)13)5-7-10-2-3-15-7/h2-3,6H,4-5H2,1H3,(H,11,13,14). The number of carbonyl (C=O) groups excluding carboxylic acids is 2. The first-order valence-electron chi connectivity index (χ1n) is 4.65. The Morgan fingerprint density at radius 1 is 1.67 bits per heavy atom. The van der Waals surface area contributed by atoms with Crippen LogP contribution in [0.2, 0.25) is 0 Å². The summed E-state index contributed by atoms with van der Waals surface area (Å²) in [5.74, 6) is -0.349. The molecule has 1 N–H and O–H groups in total. The second-order valence-corrected chi connectivity index (χ2v) is 4.48. The molecule has 80 valence electrons. The van der Waals surface area contributed by atoms with Crippen molar-refractivity contribution in [3.63, 3.8) is 0 Å². The van der Waals surface area contributed by atoms with Gasteiger partial charge in [0.1, 0.15) is 5.01 Å². The Balaban J connectivity index is 2.03. The minimum absolute atomic E-state index is 0.150. The van der Waals surface area contributed by atoms with Crippen molar-refractivity contribution in [3.05, 3.63) is 16.6 Å². The Bertz CT molecular complexity index is 377. The topological polar surface area (TPSA) is 62.3 Å². The molecule has 0 radical (unpaired) electrons. The summed E-state index contributed by atoms with van der Waals surface area (Å²) in [6, 6.07) is -0.326. The number of nitrogens with zero attached hydrogens (tertiary/aromatic N) is 2. The van der Waals surface area contributed by atoms with E-state index in [1.54, 1.807) is 18.0 Å². The molecule has 1 aliphatic heterocycles. The first-order chi connectivity index (χ1) is 7.16. The molecular weight excluding hydrogens is 214 g/mol. The highest BCUT2D eigenvalue weighted by Crippen LogP contribution is 2.13. The number of hydrogen-bond acceptors (Lipinski definition) is 4. The third-order valence-corrected chi connectivity index (χ3v) is 3.03. The summed E-state index contributed by atoms with van der Waals surface area (Å²) < 4.78 is 0. The molecule has 6 heteroatoms. The maximum absolute atomic E-state index is 11.4. The number of hydrogen-bond donors (Lipinski definition) is 1. The molecule has 1 saturated heterocycles. The lowest BCUT2D eigenvalue weighted by Crippen LogP contribution is -2.53. The van der Waals surface area contributed by atoms with E-state index >= 15 is 0 Å². The zero-order valence-corrected chi connectivity index (χ0v) is 9.08. The average Bonchev–Trinajstić information content (AvgIpc) is 2.67. The third-order valence-electron chi connectivity index (χ3n) is 2.27. The predicted molar refractivity (Wildman–Crippen MR) is 55.2 cm³/mol. The van der Waals surface area contributed by atoms with E-state index in [2.05, 4.69) is 10.3 Å². The van der Waals surface area contributed by atoms with Crippen molar-refractivity contribution in [3.8, 4) is 0 Å². The fourth-order valence-corrected chi connectivity index (χ4v) is 2.07. The van der Waals surface area contributed by atoms with Gasteiger partial charge >= 0.3 is 6.03 Å². The van der Waals surface area contributed by atoms with E-state index in [-0.39, 0.29) is 17.9 Å². The van der Waals surface area contributed by atoms with Crippen molar-refractivity contribution in [1.82, 2.24) is 15.2 Å². The van der Waals surface area contributed by atoms with Crippen LogP contribution in [0.3, 0.4) is 0 Å². The van der Waals surface area contributed by atoms with E-state index in [0.717, 1.165) is 5.01 Å². The van der Waals surface area contributed by atoms with E-state index in [4.69, 9.17) is 0 Å². The van der Waals surface area contributed by atoms with E-state index in [1.807, 2.05) is 5.38 Å². The van der Waals surface area contributed by atoms with Gasteiger partial charge in [-0.25, -0.2) is 9.78 Å². The number of amides is 3. The van der Waals surface area contributed by atoms with Gasteiger partial charge in [0.15, 0.2) is 0 Å². The van der Waals surface area contributed by atoms with Gasteiger partial charge < -0.3 is 4.90 Å². The number of rotatable bonds is 2. The molecule has 1 aromatic heterocycles. The van der Waals surface area contributed by atoms with Crippen LogP contribution in [0.25, 0.3) is 0 Å². The van der Waals surface area contributed by atoms with E-state index in [1.165, 1.54) is 11.3 Å². The Kier molecular flexibility index (Phi) is 2.68. The molecule has 1 fully saturated rings. The highest BCUT2D eigenvalue weighted by Gasteiger charge is 2.29. The lowest BCUT2D eigenvalue weighted by atomic mass is 10.1. The van der Waals surface area contributed by atoms with Crippen molar-refractivity contribution >= 4 is 23.3 Å². The summed E-state index contributed by atoms with van der Waals surface area (Å²) in [7, 11) is 0. The highest BCUT2D eigenvalue weighted by atomic mass is 32.1. The first kappa shape index (κ1) is 10.1. The zero-order valence-electron chi connectivity index (χ0n) is 8.27. The number of imide groups is 1. The Labute approximate surface area is 91.1 Å². The molecule has 2 heterocycles. The monoisotopic (exact) mass is 225 g/mol. The summed E-state index contributed by atoms with van der Waals surface area (Å²) in [4.78, 5) is 28.3. The summed E-state index contributed by atoms with van der Waals surface area (Å²) in [6.45, 7) is 2.74. The molecule has 0 aliphatic carbocycles. The van der Waals surface area contributed by atoms with Crippen molar-refractivity contribution in [2.75, 3.05) is 6.54 Å². The molecule has 15 heavy (non-hydrogen) atoms. The van der Waals surface area contributed by atoms with Crippen LogP contribution in [0.1, 0.15) is 11.9 Å². The normalized spacial score (nSPS) is 21.7. The van der Waals surface area contributed by atoms with Gasteiger partial charge in [-0.3, -0.25) is 10.1 Å². The first-order valence-corrected chi connectivity index (χ1v) is 5.53. The number of carbonyl (C=O) groups is 2. The molecule has 1 atom stereocenters. The van der Waals surface area contributed by atoms with Gasteiger partial charge in [0.25, 0.3) is 0 Å². The van der Waals surface area contributed by atoms with Crippen LogP contribution in [-0.2, 0) is 11.3 Å². The van der Waals surface area contributed by atoms with Crippen molar-refractivity contribution in [2.24, 2.45) is 5.92 Å². The summed E-state index contributed by atoms with van der Waals surface area (Å²) in [6.07, 6.45) is 1.70. The zero-order chi connectivity index (χ0) is 10.8. The maximum Gasteiger partial charge on any atom is 0.324 e. The van der Waals surface area contributed by atoms with Gasteiger partial charge in [-0.15, -0.1) is 11.3 Å². The number of aromatic nitrogens is 1. The maximum atomic E-state index is 11.4. The van der Waals surface area contributed by atoms with Crippen LogP contribution in [-0.4, -0.2) is 28.4 Å². The molecule has 2 rings (SSSR count). The Hall–Kier alpha value is -1.43. The van der Waals surface area contributed by atoms with Crippen molar-refractivity contribution in [1.29, 1.82) is 0 Å². The van der Waals surface area contributed by atoms with Gasteiger partial charge in [-0.2, -0.15) is 0 Å². The molecule has 3 amide bonds. The lowest BCUT2D eigenvalue weighted by molar-refractivity contribution is -0.125. The second-order valence-electron chi connectivity index (χ2n) is 3.50.